The number of unbranched alkanes of at least 4 members (excludes halogenated alkanes) is 7. The lowest BCUT2D eigenvalue weighted by atomic mass is 10.1. The third kappa shape index (κ3) is 11.9. The molecule has 18 heavy (non-hydrogen) atoms. The first-order chi connectivity index (χ1) is 8.70. The zero-order valence-electron chi connectivity index (χ0n) is 12.4. The van der Waals surface area contributed by atoms with E-state index in [2.05, 4.69) is 6.92 Å². The number of methoxy groups -OCH3 is 1. The highest BCUT2D eigenvalue weighted by molar-refractivity contribution is 5.69. The number of hydrogen-bond acceptors (Lipinski definition) is 3. The maximum Gasteiger partial charge on any atom is 0.306 e. The Morgan fingerprint density at radius 1 is 1.00 bits per heavy atom. The SMILES string of the molecule is CCCCCCCCCCC(=O)OC(C)COC. The first kappa shape index (κ1) is 17.4. The van der Waals surface area contributed by atoms with E-state index in [4.69, 9.17) is 9.47 Å². The standard InChI is InChI=1S/C15H30O3/c1-4-5-6-7-8-9-10-11-12-15(16)18-14(2)13-17-3/h14H,4-13H2,1-3H3. The van der Waals surface area contributed by atoms with Gasteiger partial charge in [-0.3, -0.25) is 4.79 Å². The van der Waals surface area contributed by atoms with E-state index in [9.17, 15) is 4.79 Å². The molecule has 0 aromatic heterocycles. The number of carbonyl (C=O) groups excluding carboxylic acids is 1. The van der Waals surface area contributed by atoms with Gasteiger partial charge < -0.3 is 9.47 Å². The van der Waals surface area contributed by atoms with Crippen LogP contribution in [0.15, 0.2) is 0 Å². The van der Waals surface area contributed by atoms with Gasteiger partial charge in [-0.05, 0) is 13.3 Å². The van der Waals surface area contributed by atoms with Crippen molar-refractivity contribution in [1.82, 2.24) is 0 Å². The Morgan fingerprint density at radius 3 is 2.11 bits per heavy atom. The van der Waals surface area contributed by atoms with E-state index in [1.165, 1.54) is 38.5 Å². The fourth-order valence-corrected chi connectivity index (χ4v) is 1.96. The molecule has 1 atom stereocenters. The lowest BCUT2D eigenvalue weighted by Crippen LogP contribution is -2.19. The number of hydrogen-bond donors (Lipinski definition) is 0. The predicted molar refractivity (Wildman–Crippen MR) is 74.7 cm³/mol. The summed E-state index contributed by atoms with van der Waals surface area (Å²) in [6, 6.07) is 0. The van der Waals surface area contributed by atoms with Crippen LogP contribution in [0, 0.1) is 0 Å². The first-order valence-corrected chi connectivity index (χ1v) is 7.39. The number of carbonyl (C=O) groups is 1. The number of esters is 1. The van der Waals surface area contributed by atoms with Crippen molar-refractivity contribution in [3.8, 4) is 0 Å². The van der Waals surface area contributed by atoms with Crippen LogP contribution in [0.1, 0.15) is 71.6 Å². The zero-order chi connectivity index (χ0) is 13.6. The maximum absolute atomic E-state index is 11.4. The van der Waals surface area contributed by atoms with Crippen molar-refractivity contribution in [3.63, 3.8) is 0 Å². The highest BCUT2D eigenvalue weighted by Gasteiger charge is 2.08. The maximum atomic E-state index is 11.4. The molecular weight excluding hydrogens is 228 g/mol. The molecule has 0 spiro atoms. The van der Waals surface area contributed by atoms with Crippen LogP contribution in [0.4, 0.5) is 0 Å². The molecule has 3 nitrogen and oxygen atoms in total. The smallest absolute Gasteiger partial charge is 0.306 e. The molecule has 0 N–H and O–H groups in total. The summed E-state index contributed by atoms with van der Waals surface area (Å²) in [4.78, 5) is 11.4. The van der Waals surface area contributed by atoms with E-state index in [-0.39, 0.29) is 12.1 Å². The van der Waals surface area contributed by atoms with Crippen LogP contribution >= 0.6 is 0 Å². The first-order valence-electron chi connectivity index (χ1n) is 7.39. The molecule has 0 bridgehead atoms. The Labute approximate surface area is 112 Å². The van der Waals surface area contributed by atoms with Crippen LogP contribution in [0.5, 0.6) is 0 Å². The van der Waals surface area contributed by atoms with Crippen LogP contribution in [0.25, 0.3) is 0 Å². The molecule has 0 aromatic rings. The average Bonchev–Trinajstić information content (AvgIpc) is 2.32. The minimum Gasteiger partial charge on any atom is -0.460 e. The molecule has 0 saturated heterocycles. The summed E-state index contributed by atoms with van der Waals surface area (Å²) >= 11 is 0. The minimum absolute atomic E-state index is 0.0921. The third-order valence-corrected chi connectivity index (χ3v) is 2.97. The molecule has 0 radical (unpaired) electrons. The largest absolute Gasteiger partial charge is 0.460 e. The molecular formula is C15H30O3. The van der Waals surface area contributed by atoms with E-state index in [0.29, 0.717) is 13.0 Å². The molecule has 0 aromatic carbocycles. The molecule has 0 heterocycles. The molecule has 0 aliphatic carbocycles. The van der Waals surface area contributed by atoms with Crippen molar-refractivity contribution >= 4 is 5.97 Å². The summed E-state index contributed by atoms with van der Waals surface area (Å²) in [6.07, 6.45) is 10.4. The molecule has 0 aliphatic rings. The second kappa shape index (κ2) is 12.9. The normalized spacial score (nSPS) is 12.4. The van der Waals surface area contributed by atoms with Gasteiger partial charge in [0, 0.05) is 13.5 Å². The predicted octanol–water partition coefficient (Wildman–Crippen LogP) is 4.10. The molecule has 0 amide bonds. The molecule has 3 heteroatoms. The van der Waals surface area contributed by atoms with Crippen LogP contribution in [0.2, 0.25) is 0 Å². The number of rotatable bonds is 12. The third-order valence-electron chi connectivity index (χ3n) is 2.97. The van der Waals surface area contributed by atoms with Crippen LogP contribution in [-0.2, 0) is 14.3 Å². The van der Waals surface area contributed by atoms with E-state index in [1.54, 1.807) is 7.11 Å². The Kier molecular flexibility index (Phi) is 12.5. The van der Waals surface area contributed by atoms with E-state index >= 15 is 0 Å². The van der Waals surface area contributed by atoms with Crippen LogP contribution < -0.4 is 0 Å². The lowest BCUT2D eigenvalue weighted by molar-refractivity contribution is -0.150. The molecule has 0 saturated carbocycles. The van der Waals surface area contributed by atoms with Crippen molar-refractivity contribution in [2.24, 2.45) is 0 Å². The van der Waals surface area contributed by atoms with Crippen molar-refractivity contribution in [2.75, 3.05) is 13.7 Å². The van der Waals surface area contributed by atoms with E-state index in [0.717, 1.165) is 12.8 Å². The molecule has 0 fully saturated rings. The summed E-state index contributed by atoms with van der Waals surface area (Å²) in [5, 5.41) is 0. The zero-order valence-corrected chi connectivity index (χ0v) is 12.4. The fourth-order valence-electron chi connectivity index (χ4n) is 1.96. The van der Waals surface area contributed by atoms with Gasteiger partial charge in [0.15, 0.2) is 0 Å². The van der Waals surface area contributed by atoms with Gasteiger partial charge in [0.25, 0.3) is 0 Å². The van der Waals surface area contributed by atoms with Crippen molar-refractivity contribution in [2.45, 2.75) is 77.7 Å². The fraction of sp³-hybridized carbons (Fsp3) is 0.933. The summed E-state index contributed by atoms with van der Waals surface area (Å²) in [5.41, 5.74) is 0. The van der Waals surface area contributed by atoms with Gasteiger partial charge in [-0.15, -0.1) is 0 Å². The Hall–Kier alpha value is -0.570. The Balaban J connectivity index is 3.25. The lowest BCUT2D eigenvalue weighted by Gasteiger charge is -2.11. The molecule has 1 unspecified atom stereocenters. The van der Waals surface area contributed by atoms with Crippen LogP contribution in [0.3, 0.4) is 0 Å². The summed E-state index contributed by atoms with van der Waals surface area (Å²) < 4.78 is 10.1. The average molecular weight is 258 g/mol. The van der Waals surface area contributed by atoms with Crippen molar-refractivity contribution in [3.05, 3.63) is 0 Å². The van der Waals surface area contributed by atoms with Crippen molar-refractivity contribution < 1.29 is 14.3 Å². The van der Waals surface area contributed by atoms with Gasteiger partial charge in [-0.1, -0.05) is 51.9 Å². The Morgan fingerprint density at radius 2 is 1.56 bits per heavy atom. The quantitative estimate of drug-likeness (QED) is 0.390. The van der Waals surface area contributed by atoms with Crippen molar-refractivity contribution in [1.29, 1.82) is 0 Å². The molecule has 108 valence electrons. The van der Waals surface area contributed by atoms with Gasteiger partial charge in [-0.2, -0.15) is 0 Å². The van der Waals surface area contributed by atoms with E-state index in [1.807, 2.05) is 6.92 Å². The summed E-state index contributed by atoms with van der Waals surface area (Å²) in [7, 11) is 1.61. The van der Waals surface area contributed by atoms with E-state index < -0.39 is 0 Å². The highest BCUT2D eigenvalue weighted by Crippen LogP contribution is 2.10. The summed E-state index contributed by atoms with van der Waals surface area (Å²) in [5.74, 6) is -0.0921. The molecule has 0 aliphatic heterocycles. The van der Waals surface area contributed by atoms with Gasteiger partial charge in [0.1, 0.15) is 6.10 Å². The van der Waals surface area contributed by atoms with Gasteiger partial charge >= 0.3 is 5.97 Å². The van der Waals surface area contributed by atoms with Gasteiger partial charge in [0.2, 0.25) is 0 Å². The van der Waals surface area contributed by atoms with Gasteiger partial charge in [0.05, 0.1) is 6.61 Å². The second-order valence-corrected chi connectivity index (χ2v) is 4.98. The van der Waals surface area contributed by atoms with Gasteiger partial charge in [-0.25, -0.2) is 0 Å². The van der Waals surface area contributed by atoms with Crippen LogP contribution in [-0.4, -0.2) is 25.8 Å². The Bertz CT molecular complexity index is 192. The monoisotopic (exact) mass is 258 g/mol. The minimum atomic E-state index is -0.128. The second-order valence-electron chi connectivity index (χ2n) is 4.98. The topological polar surface area (TPSA) is 35.5 Å². The highest BCUT2D eigenvalue weighted by atomic mass is 16.6. The molecule has 0 rings (SSSR count). The number of ether oxygens (including phenoxy) is 2. The summed E-state index contributed by atoms with van der Waals surface area (Å²) in [6.45, 7) is 4.56.